The van der Waals surface area contributed by atoms with E-state index in [-0.39, 0.29) is 19.1 Å². The van der Waals surface area contributed by atoms with E-state index in [0.29, 0.717) is 37.4 Å². The fraction of sp³-hybridized carbons (Fsp3) is 0.107. The average Bonchev–Trinajstić information content (AvgIpc) is 3.69. The van der Waals surface area contributed by atoms with Gasteiger partial charge in [0.05, 0.1) is 31.0 Å². The second kappa shape index (κ2) is 12.6. The number of amides is 1. The lowest BCUT2D eigenvalue weighted by molar-refractivity contribution is -0.122. The number of carbonyl (C=O) groups is 1. The van der Waals surface area contributed by atoms with Gasteiger partial charge < -0.3 is 13.9 Å². The van der Waals surface area contributed by atoms with E-state index in [1.165, 1.54) is 11.8 Å². The molecule has 1 amide bonds. The van der Waals surface area contributed by atoms with Gasteiger partial charge in [-0.1, -0.05) is 35.3 Å². The molecule has 11 heteroatoms. The Hall–Kier alpha value is -3.50. The van der Waals surface area contributed by atoms with Crippen molar-refractivity contribution >= 4 is 69.7 Å². The highest BCUT2D eigenvalue weighted by molar-refractivity contribution is 8.18. The van der Waals surface area contributed by atoms with E-state index in [1.807, 2.05) is 41.8 Å². The van der Waals surface area contributed by atoms with Crippen LogP contribution >= 0.6 is 46.3 Å². The van der Waals surface area contributed by atoms with E-state index in [1.54, 1.807) is 66.2 Å². The molecule has 0 atom stereocenters. The number of ether oxygens (including phenoxy) is 2. The normalized spacial score (nSPS) is 15.7. The Morgan fingerprint density at radius 3 is 2.72 bits per heavy atom. The Morgan fingerprint density at radius 1 is 1.08 bits per heavy atom. The van der Waals surface area contributed by atoms with Crippen molar-refractivity contribution in [2.75, 3.05) is 7.11 Å². The molecule has 0 unspecified atom stereocenters. The number of halogens is 2. The number of benzene rings is 2. The van der Waals surface area contributed by atoms with Crippen LogP contribution in [0.2, 0.25) is 10.0 Å². The summed E-state index contributed by atoms with van der Waals surface area (Å²) in [4.78, 5) is 16.3. The molecular weight excluding hydrogens is 577 g/mol. The molecule has 0 radical (unpaired) electrons. The molecule has 4 aromatic rings. The van der Waals surface area contributed by atoms with Gasteiger partial charge in [0.1, 0.15) is 12.4 Å². The van der Waals surface area contributed by atoms with E-state index in [9.17, 15) is 4.79 Å². The summed E-state index contributed by atoms with van der Waals surface area (Å²) in [6, 6.07) is 18.2. The van der Waals surface area contributed by atoms with Gasteiger partial charge in [-0.15, -0.1) is 16.4 Å². The van der Waals surface area contributed by atoms with Crippen LogP contribution in [-0.4, -0.2) is 29.3 Å². The van der Waals surface area contributed by atoms with Crippen LogP contribution in [0.1, 0.15) is 21.8 Å². The third kappa shape index (κ3) is 6.75. The van der Waals surface area contributed by atoms with Crippen molar-refractivity contribution in [3.63, 3.8) is 0 Å². The number of furan rings is 1. The minimum atomic E-state index is -0.150. The van der Waals surface area contributed by atoms with E-state index in [0.717, 1.165) is 16.0 Å². The summed E-state index contributed by atoms with van der Waals surface area (Å²) in [5.41, 5.74) is 1.55. The molecule has 1 fully saturated rings. The highest BCUT2D eigenvalue weighted by Crippen LogP contribution is 2.35. The quantitative estimate of drug-likeness (QED) is 0.112. The standard InChI is InChI=1S/C28H21Cl2N3O4S2/c1-35-25-12-18(6-9-24(25)37-17-19-7-8-20(29)13-23(19)30)15-31-32-28-33(16-21-4-2-10-36-21)27(34)26(39-28)14-22-5-3-11-38-22/h2-15H,16-17H2,1H3/b26-14-,31-15-,32-28+. The number of thioether (sulfide) groups is 1. The molecule has 1 aliphatic heterocycles. The second-order valence-electron chi connectivity index (χ2n) is 8.16. The first-order valence-electron chi connectivity index (χ1n) is 11.6. The smallest absolute Gasteiger partial charge is 0.267 e. The van der Waals surface area contributed by atoms with E-state index in [2.05, 4.69) is 10.2 Å². The molecule has 198 valence electrons. The maximum absolute atomic E-state index is 13.1. The number of carbonyl (C=O) groups excluding carboxylic acids is 1. The zero-order valence-electron chi connectivity index (χ0n) is 20.5. The maximum Gasteiger partial charge on any atom is 0.267 e. The Kier molecular flexibility index (Phi) is 8.73. The van der Waals surface area contributed by atoms with Gasteiger partial charge in [0, 0.05) is 20.5 Å². The first-order valence-corrected chi connectivity index (χ1v) is 14.1. The van der Waals surface area contributed by atoms with Gasteiger partial charge in [0.2, 0.25) is 0 Å². The predicted octanol–water partition coefficient (Wildman–Crippen LogP) is 7.74. The van der Waals surface area contributed by atoms with E-state index < -0.39 is 0 Å². The van der Waals surface area contributed by atoms with Crippen LogP contribution in [0.15, 0.2) is 91.8 Å². The van der Waals surface area contributed by atoms with Gasteiger partial charge in [-0.2, -0.15) is 5.10 Å². The van der Waals surface area contributed by atoms with Crippen LogP contribution in [0.25, 0.3) is 6.08 Å². The molecule has 0 N–H and O–H groups in total. The van der Waals surface area contributed by atoms with Crippen molar-refractivity contribution in [1.29, 1.82) is 0 Å². The first-order chi connectivity index (χ1) is 19.0. The lowest BCUT2D eigenvalue weighted by Crippen LogP contribution is -2.28. The maximum atomic E-state index is 13.1. The van der Waals surface area contributed by atoms with Crippen molar-refractivity contribution in [2.24, 2.45) is 10.2 Å². The summed E-state index contributed by atoms with van der Waals surface area (Å²) in [5, 5.41) is 12.1. The molecule has 5 rings (SSSR count). The van der Waals surface area contributed by atoms with Crippen molar-refractivity contribution in [2.45, 2.75) is 13.2 Å². The van der Waals surface area contributed by atoms with Gasteiger partial charge in [0.25, 0.3) is 5.91 Å². The number of hydrogen-bond donors (Lipinski definition) is 0. The lowest BCUT2D eigenvalue weighted by Gasteiger charge is -2.13. The number of rotatable bonds is 9. The Bertz CT molecular complexity index is 1550. The molecule has 0 saturated carbocycles. The van der Waals surface area contributed by atoms with Crippen molar-refractivity contribution in [3.05, 3.63) is 109 Å². The molecule has 0 bridgehead atoms. The Morgan fingerprint density at radius 2 is 1.97 bits per heavy atom. The van der Waals surface area contributed by atoms with Crippen LogP contribution < -0.4 is 9.47 Å². The van der Waals surface area contributed by atoms with Crippen molar-refractivity contribution < 1.29 is 18.7 Å². The number of amidine groups is 1. The number of hydrogen-bond acceptors (Lipinski definition) is 8. The fourth-order valence-corrected chi connectivity index (χ4v) is 5.73. The average molecular weight is 599 g/mol. The van der Waals surface area contributed by atoms with E-state index >= 15 is 0 Å². The summed E-state index contributed by atoms with van der Waals surface area (Å²) >= 11 is 15.1. The molecule has 1 aliphatic rings. The Balaban J connectivity index is 1.32. The summed E-state index contributed by atoms with van der Waals surface area (Å²) in [6.07, 6.45) is 5.03. The highest BCUT2D eigenvalue weighted by Gasteiger charge is 2.34. The van der Waals surface area contributed by atoms with Crippen molar-refractivity contribution in [1.82, 2.24) is 4.90 Å². The molecular formula is C28H21Cl2N3O4S2. The SMILES string of the molecule is COc1cc(/C=N\N=C2\S/C(=C\c3cccs3)C(=O)N2Cc2ccco2)ccc1OCc1ccc(Cl)cc1Cl. The number of methoxy groups -OCH3 is 1. The summed E-state index contributed by atoms with van der Waals surface area (Å²) in [6.45, 7) is 0.512. The number of nitrogens with zero attached hydrogens (tertiary/aromatic N) is 3. The van der Waals surface area contributed by atoms with Gasteiger partial charge in [0.15, 0.2) is 16.7 Å². The van der Waals surface area contributed by atoms with E-state index in [4.69, 9.17) is 37.1 Å². The zero-order chi connectivity index (χ0) is 27.2. The summed E-state index contributed by atoms with van der Waals surface area (Å²) in [5.74, 6) is 1.58. The monoisotopic (exact) mass is 597 g/mol. The molecule has 39 heavy (non-hydrogen) atoms. The number of thiophene rings is 1. The molecule has 0 spiro atoms. The minimum Gasteiger partial charge on any atom is -0.493 e. The highest BCUT2D eigenvalue weighted by atomic mass is 35.5. The third-order valence-electron chi connectivity index (χ3n) is 5.53. The summed E-state index contributed by atoms with van der Waals surface area (Å²) < 4.78 is 16.9. The van der Waals surface area contributed by atoms with Gasteiger partial charge in [-0.25, -0.2) is 0 Å². The van der Waals surface area contributed by atoms with Gasteiger partial charge >= 0.3 is 0 Å². The molecule has 2 aromatic carbocycles. The topological polar surface area (TPSA) is 76.6 Å². The zero-order valence-corrected chi connectivity index (χ0v) is 23.7. The third-order valence-corrected chi connectivity index (χ3v) is 7.94. The molecule has 3 heterocycles. The molecule has 7 nitrogen and oxygen atoms in total. The first kappa shape index (κ1) is 27.1. The lowest BCUT2D eigenvalue weighted by atomic mass is 10.2. The fourth-order valence-electron chi connectivity index (χ4n) is 3.61. The van der Waals surface area contributed by atoms with Crippen LogP contribution in [0.4, 0.5) is 0 Å². The van der Waals surface area contributed by atoms with Gasteiger partial charge in [-0.3, -0.25) is 9.69 Å². The Labute approximate surface area is 243 Å². The molecule has 1 saturated heterocycles. The molecule has 2 aromatic heterocycles. The van der Waals surface area contributed by atoms with Crippen LogP contribution in [-0.2, 0) is 17.9 Å². The largest absolute Gasteiger partial charge is 0.493 e. The predicted molar refractivity (Wildman–Crippen MR) is 158 cm³/mol. The second-order valence-corrected chi connectivity index (χ2v) is 11.0. The van der Waals surface area contributed by atoms with Crippen LogP contribution in [0, 0.1) is 0 Å². The summed E-state index contributed by atoms with van der Waals surface area (Å²) in [7, 11) is 1.56. The van der Waals surface area contributed by atoms with Crippen molar-refractivity contribution in [3.8, 4) is 11.5 Å². The van der Waals surface area contributed by atoms with Crippen LogP contribution in [0.3, 0.4) is 0 Å². The van der Waals surface area contributed by atoms with Crippen LogP contribution in [0.5, 0.6) is 11.5 Å². The molecule has 0 aliphatic carbocycles. The minimum absolute atomic E-state index is 0.150. The van der Waals surface area contributed by atoms with Gasteiger partial charge in [-0.05, 0) is 77.3 Å².